The second-order valence-electron chi connectivity index (χ2n) is 7.01. The van der Waals surface area contributed by atoms with Gasteiger partial charge in [-0.1, -0.05) is 12.1 Å². The molecule has 0 N–H and O–H groups in total. The van der Waals surface area contributed by atoms with E-state index in [0.29, 0.717) is 18.3 Å². The second kappa shape index (κ2) is 5.31. The molecule has 0 radical (unpaired) electrons. The molecule has 0 spiro atoms. The van der Waals surface area contributed by atoms with E-state index in [1.165, 1.54) is 0 Å². The Hall–Kier alpha value is -1.59. The lowest BCUT2D eigenvalue weighted by Gasteiger charge is -2.35. The quantitative estimate of drug-likeness (QED) is 0.837. The van der Waals surface area contributed by atoms with Gasteiger partial charge in [-0.05, 0) is 40.5 Å². The second-order valence-corrected chi connectivity index (χ2v) is 7.01. The Bertz CT molecular complexity index is 520. The van der Waals surface area contributed by atoms with Gasteiger partial charge in [-0.3, -0.25) is 0 Å². The van der Waals surface area contributed by atoms with Crippen LogP contribution in [0.15, 0.2) is 4.52 Å². The summed E-state index contributed by atoms with van der Waals surface area (Å²) in [5.74, 6) is 1.33. The van der Waals surface area contributed by atoms with Crippen molar-refractivity contribution < 1.29 is 14.1 Å². The number of nitrogens with zero attached hydrogens (tertiary/aromatic N) is 3. The zero-order valence-electron chi connectivity index (χ0n) is 13.8. The van der Waals surface area contributed by atoms with Gasteiger partial charge in [0, 0.05) is 24.9 Å². The number of carbonyl (C=O) groups is 1. The Kier molecular flexibility index (Phi) is 4.00. The Morgan fingerprint density at radius 1 is 1.52 bits per heavy atom. The van der Waals surface area contributed by atoms with Crippen molar-refractivity contribution in [3.8, 4) is 0 Å². The van der Waals surface area contributed by atoms with Crippen molar-refractivity contribution in [1.29, 1.82) is 0 Å². The molecular weight excluding hydrogens is 270 g/mol. The molecule has 1 aliphatic heterocycles. The third-order valence-corrected chi connectivity index (χ3v) is 4.02. The Balaban J connectivity index is 2.18. The molecule has 2 atom stereocenters. The highest BCUT2D eigenvalue weighted by atomic mass is 16.6. The molecule has 1 aliphatic rings. The van der Waals surface area contributed by atoms with Crippen LogP contribution in [0.3, 0.4) is 0 Å². The molecule has 6 nitrogen and oxygen atoms in total. The van der Waals surface area contributed by atoms with E-state index in [1.54, 1.807) is 6.92 Å². The normalized spacial score (nSPS) is 26.2. The molecule has 0 saturated carbocycles. The number of aryl methyl sites for hydroxylation is 1. The van der Waals surface area contributed by atoms with Crippen LogP contribution in [0.2, 0.25) is 0 Å². The maximum atomic E-state index is 12.5. The Labute approximate surface area is 125 Å². The van der Waals surface area contributed by atoms with Gasteiger partial charge in [0.2, 0.25) is 5.89 Å². The third-order valence-electron chi connectivity index (χ3n) is 4.02. The topological polar surface area (TPSA) is 68.5 Å². The minimum Gasteiger partial charge on any atom is -0.444 e. The molecule has 2 rings (SSSR count). The van der Waals surface area contributed by atoms with Crippen molar-refractivity contribution in [3.63, 3.8) is 0 Å². The lowest BCUT2D eigenvalue weighted by Crippen LogP contribution is -2.46. The minimum absolute atomic E-state index is 0.0971. The minimum atomic E-state index is -0.494. The fourth-order valence-corrected chi connectivity index (χ4v) is 2.75. The van der Waals surface area contributed by atoms with Crippen LogP contribution in [0.25, 0.3) is 0 Å². The first-order valence-electron chi connectivity index (χ1n) is 7.45. The maximum absolute atomic E-state index is 12.5. The highest BCUT2D eigenvalue weighted by Gasteiger charge is 2.46. The summed E-state index contributed by atoms with van der Waals surface area (Å²) in [5.41, 5.74) is -0.728. The van der Waals surface area contributed by atoms with Crippen LogP contribution in [-0.4, -0.2) is 38.8 Å². The number of amides is 1. The van der Waals surface area contributed by atoms with Crippen LogP contribution in [0.1, 0.15) is 65.1 Å². The largest absolute Gasteiger partial charge is 0.444 e. The van der Waals surface area contributed by atoms with Crippen molar-refractivity contribution in [3.05, 3.63) is 11.7 Å². The van der Waals surface area contributed by atoms with Crippen LogP contribution in [0, 0.1) is 6.92 Å². The molecule has 1 aromatic rings. The van der Waals surface area contributed by atoms with E-state index in [9.17, 15) is 4.79 Å². The summed E-state index contributed by atoms with van der Waals surface area (Å²) in [7, 11) is 0. The van der Waals surface area contributed by atoms with Crippen LogP contribution >= 0.6 is 0 Å². The summed E-state index contributed by atoms with van der Waals surface area (Å²) in [6, 6.07) is 0. The van der Waals surface area contributed by atoms with Crippen LogP contribution in [-0.2, 0) is 4.74 Å². The lowest BCUT2D eigenvalue weighted by atomic mass is 9.91. The number of rotatable bonds is 2. The standard InChI is InChI=1S/C15H25N3O3/c1-7-15(6)8-11(12-16-10(2)21-17-12)9-18(15)13(19)20-14(3,4)5/h11H,7-9H2,1-6H3/t11?,15-/m0/s1. The molecule has 118 valence electrons. The molecule has 2 heterocycles. The predicted octanol–water partition coefficient (Wildman–Crippen LogP) is 3.27. The van der Waals surface area contributed by atoms with Crippen molar-refractivity contribution in [2.45, 2.75) is 71.4 Å². The molecule has 1 saturated heterocycles. The van der Waals surface area contributed by atoms with E-state index in [4.69, 9.17) is 9.26 Å². The number of hydrogen-bond acceptors (Lipinski definition) is 5. The number of aromatic nitrogens is 2. The highest BCUT2D eigenvalue weighted by molar-refractivity contribution is 5.70. The smallest absolute Gasteiger partial charge is 0.410 e. The lowest BCUT2D eigenvalue weighted by molar-refractivity contribution is 0.0100. The van der Waals surface area contributed by atoms with Crippen LogP contribution in [0.5, 0.6) is 0 Å². The SMILES string of the molecule is CC[C@@]1(C)CC(c2noc(C)n2)CN1C(=O)OC(C)(C)C. The third kappa shape index (κ3) is 3.36. The first-order chi connectivity index (χ1) is 9.64. The Morgan fingerprint density at radius 3 is 2.67 bits per heavy atom. The summed E-state index contributed by atoms with van der Waals surface area (Å²) in [4.78, 5) is 18.6. The van der Waals surface area contributed by atoms with E-state index < -0.39 is 5.60 Å². The average Bonchev–Trinajstić information content (AvgIpc) is 2.92. The van der Waals surface area contributed by atoms with Crippen LogP contribution < -0.4 is 0 Å². The van der Waals surface area contributed by atoms with E-state index in [1.807, 2.05) is 25.7 Å². The summed E-state index contributed by atoms with van der Waals surface area (Å²) < 4.78 is 10.6. The van der Waals surface area contributed by atoms with Gasteiger partial charge < -0.3 is 14.2 Å². The van der Waals surface area contributed by atoms with Gasteiger partial charge in [-0.2, -0.15) is 4.98 Å². The van der Waals surface area contributed by atoms with Crippen molar-refractivity contribution >= 4 is 6.09 Å². The fourth-order valence-electron chi connectivity index (χ4n) is 2.75. The molecule has 0 aromatic carbocycles. The summed E-state index contributed by atoms with van der Waals surface area (Å²) in [6.07, 6.45) is 1.41. The molecule has 0 bridgehead atoms. The molecule has 21 heavy (non-hydrogen) atoms. The van der Waals surface area contributed by atoms with E-state index in [-0.39, 0.29) is 17.6 Å². The zero-order chi connectivity index (χ0) is 15.8. The van der Waals surface area contributed by atoms with E-state index in [2.05, 4.69) is 24.0 Å². The van der Waals surface area contributed by atoms with Gasteiger partial charge in [0.05, 0.1) is 0 Å². The number of likely N-dealkylation sites (tertiary alicyclic amines) is 1. The summed E-state index contributed by atoms with van der Waals surface area (Å²) in [6.45, 7) is 12.2. The monoisotopic (exact) mass is 295 g/mol. The van der Waals surface area contributed by atoms with Gasteiger partial charge in [0.1, 0.15) is 5.60 Å². The molecule has 0 aliphatic carbocycles. The van der Waals surface area contributed by atoms with E-state index >= 15 is 0 Å². The van der Waals surface area contributed by atoms with Gasteiger partial charge in [0.15, 0.2) is 5.82 Å². The fraction of sp³-hybridized carbons (Fsp3) is 0.800. The predicted molar refractivity (Wildman–Crippen MR) is 78.0 cm³/mol. The van der Waals surface area contributed by atoms with Crippen LogP contribution in [0.4, 0.5) is 4.79 Å². The molecule has 1 aromatic heterocycles. The number of carbonyl (C=O) groups excluding carboxylic acids is 1. The number of hydrogen-bond donors (Lipinski definition) is 0. The van der Waals surface area contributed by atoms with Crippen molar-refractivity contribution in [2.75, 3.05) is 6.54 Å². The van der Waals surface area contributed by atoms with Crippen molar-refractivity contribution in [1.82, 2.24) is 15.0 Å². The van der Waals surface area contributed by atoms with Gasteiger partial charge in [-0.25, -0.2) is 4.79 Å². The number of ether oxygens (including phenoxy) is 1. The summed E-state index contributed by atoms with van der Waals surface area (Å²) in [5, 5.41) is 4.00. The molecule has 1 unspecified atom stereocenters. The molecule has 1 amide bonds. The Morgan fingerprint density at radius 2 is 2.19 bits per heavy atom. The summed E-state index contributed by atoms with van der Waals surface area (Å²) >= 11 is 0. The zero-order valence-corrected chi connectivity index (χ0v) is 13.8. The van der Waals surface area contributed by atoms with Gasteiger partial charge >= 0.3 is 6.09 Å². The first-order valence-corrected chi connectivity index (χ1v) is 7.45. The molecule has 1 fully saturated rings. The maximum Gasteiger partial charge on any atom is 0.410 e. The highest BCUT2D eigenvalue weighted by Crippen LogP contribution is 2.40. The van der Waals surface area contributed by atoms with E-state index in [0.717, 1.165) is 12.8 Å². The molecular formula is C15H25N3O3. The van der Waals surface area contributed by atoms with Crippen molar-refractivity contribution in [2.24, 2.45) is 0 Å². The average molecular weight is 295 g/mol. The first kappa shape index (κ1) is 15.8. The van der Waals surface area contributed by atoms with Gasteiger partial charge in [-0.15, -0.1) is 0 Å². The molecule has 6 heteroatoms. The van der Waals surface area contributed by atoms with Gasteiger partial charge in [0.25, 0.3) is 0 Å².